The summed E-state index contributed by atoms with van der Waals surface area (Å²) in [6.45, 7) is 0. The number of hydrogen-bond donors (Lipinski definition) is 2. The summed E-state index contributed by atoms with van der Waals surface area (Å²) in [5.41, 5.74) is 3.08. The van der Waals surface area contributed by atoms with Gasteiger partial charge in [0.1, 0.15) is 5.65 Å². The van der Waals surface area contributed by atoms with Gasteiger partial charge in [-0.2, -0.15) is 0 Å². The number of nitrogens with one attached hydrogen (secondary N) is 2. The lowest BCUT2D eigenvalue weighted by molar-refractivity contribution is 0.0601. The van der Waals surface area contributed by atoms with E-state index < -0.39 is 0 Å². The third-order valence-corrected chi connectivity index (χ3v) is 3.02. The van der Waals surface area contributed by atoms with Crippen LogP contribution in [0.1, 0.15) is 10.4 Å². The van der Waals surface area contributed by atoms with E-state index >= 15 is 0 Å². The van der Waals surface area contributed by atoms with E-state index in [-0.39, 0.29) is 5.97 Å². The largest absolute Gasteiger partial charge is 0.465 e. The van der Waals surface area contributed by atoms with Crippen LogP contribution in [0.2, 0.25) is 0 Å². The van der Waals surface area contributed by atoms with Crippen LogP contribution in [0.25, 0.3) is 11.0 Å². The summed E-state index contributed by atoms with van der Waals surface area (Å²) in [6, 6.07) is 11.0. The first kappa shape index (κ1) is 12.2. The van der Waals surface area contributed by atoms with E-state index in [1.807, 2.05) is 30.5 Å². The highest BCUT2D eigenvalue weighted by Crippen LogP contribution is 2.24. The summed E-state index contributed by atoms with van der Waals surface area (Å²) < 4.78 is 4.72. The van der Waals surface area contributed by atoms with Crippen molar-refractivity contribution in [2.24, 2.45) is 0 Å². The highest BCUT2D eigenvalue weighted by atomic mass is 16.5. The molecule has 0 aliphatic rings. The molecule has 5 nitrogen and oxygen atoms in total. The minimum atomic E-state index is -0.352. The molecule has 2 heterocycles. The third-order valence-electron chi connectivity index (χ3n) is 3.02. The van der Waals surface area contributed by atoms with Crippen molar-refractivity contribution < 1.29 is 9.53 Å². The van der Waals surface area contributed by atoms with Crippen molar-refractivity contribution in [3.8, 4) is 0 Å². The van der Waals surface area contributed by atoms with Gasteiger partial charge in [0.25, 0.3) is 0 Å². The quantitative estimate of drug-likeness (QED) is 0.715. The number of benzene rings is 1. The molecule has 20 heavy (non-hydrogen) atoms. The van der Waals surface area contributed by atoms with Crippen LogP contribution < -0.4 is 5.32 Å². The van der Waals surface area contributed by atoms with Crippen molar-refractivity contribution in [2.45, 2.75) is 0 Å². The number of aromatic nitrogens is 2. The van der Waals surface area contributed by atoms with Gasteiger partial charge in [0, 0.05) is 23.5 Å². The molecule has 0 amide bonds. The Kier molecular flexibility index (Phi) is 3.09. The number of nitrogens with zero attached hydrogens (tertiary/aromatic N) is 1. The second kappa shape index (κ2) is 5.05. The van der Waals surface area contributed by atoms with Gasteiger partial charge in [-0.25, -0.2) is 9.78 Å². The van der Waals surface area contributed by atoms with Crippen molar-refractivity contribution in [3.63, 3.8) is 0 Å². The van der Waals surface area contributed by atoms with Crippen molar-refractivity contribution >= 4 is 28.4 Å². The average Bonchev–Trinajstić information content (AvgIpc) is 2.96. The molecule has 0 bridgehead atoms. The Hall–Kier alpha value is -2.82. The molecular formula is C15H13N3O2. The van der Waals surface area contributed by atoms with E-state index in [1.54, 1.807) is 18.3 Å². The molecule has 0 saturated carbocycles. The topological polar surface area (TPSA) is 67.0 Å². The molecule has 3 aromatic rings. The molecule has 3 rings (SSSR count). The van der Waals surface area contributed by atoms with Gasteiger partial charge in [-0.3, -0.25) is 0 Å². The van der Waals surface area contributed by atoms with Gasteiger partial charge < -0.3 is 15.0 Å². The number of carbonyl (C=O) groups excluding carboxylic acids is 1. The number of rotatable bonds is 3. The second-order valence-corrected chi connectivity index (χ2v) is 4.30. The number of anilines is 2. The van der Waals surface area contributed by atoms with E-state index in [1.165, 1.54) is 7.11 Å². The van der Waals surface area contributed by atoms with E-state index in [0.717, 1.165) is 22.4 Å². The molecule has 0 atom stereocenters. The number of methoxy groups -OCH3 is 1. The maximum atomic E-state index is 11.5. The Morgan fingerprint density at radius 1 is 1.30 bits per heavy atom. The lowest BCUT2D eigenvalue weighted by Gasteiger charge is -2.08. The normalized spacial score (nSPS) is 10.4. The van der Waals surface area contributed by atoms with Crippen LogP contribution in [0.5, 0.6) is 0 Å². The number of carbonyl (C=O) groups is 1. The zero-order chi connectivity index (χ0) is 13.9. The number of aromatic amines is 1. The van der Waals surface area contributed by atoms with Crippen LogP contribution in [-0.2, 0) is 4.74 Å². The number of pyridine rings is 1. The summed E-state index contributed by atoms with van der Waals surface area (Å²) in [5.74, 6) is -0.352. The van der Waals surface area contributed by atoms with Gasteiger partial charge in [-0.15, -0.1) is 0 Å². The minimum absolute atomic E-state index is 0.352. The molecular weight excluding hydrogens is 254 g/mol. The highest BCUT2D eigenvalue weighted by molar-refractivity contribution is 5.93. The van der Waals surface area contributed by atoms with Crippen molar-refractivity contribution in [1.82, 2.24) is 9.97 Å². The zero-order valence-corrected chi connectivity index (χ0v) is 10.9. The summed E-state index contributed by atoms with van der Waals surface area (Å²) in [4.78, 5) is 18.8. The van der Waals surface area contributed by atoms with E-state index in [4.69, 9.17) is 4.74 Å². The molecule has 100 valence electrons. The number of hydrogen-bond acceptors (Lipinski definition) is 4. The number of fused-ring (bicyclic) bond motifs is 1. The monoisotopic (exact) mass is 267 g/mol. The minimum Gasteiger partial charge on any atom is -0.465 e. The smallest absolute Gasteiger partial charge is 0.337 e. The second-order valence-electron chi connectivity index (χ2n) is 4.30. The van der Waals surface area contributed by atoms with Gasteiger partial charge in [-0.05, 0) is 30.3 Å². The molecule has 0 aliphatic heterocycles. The first-order valence-corrected chi connectivity index (χ1v) is 6.15. The first-order chi connectivity index (χ1) is 9.78. The van der Waals surface area contributed by atoms with Crippen LogP contribution in [0.3, 0.4) is 0 Å². The van der Waals surface area contributed by atoms with Crippen molar-refractivity contribution in [1.29, 1.82) is 0 Å². The fourth-order valence-corrected chi connectivity index (χ4v) is 2.07. The third kappa shape index (κ3) is 2.21. The average molecular weight is 267 g/mol. The van der Waals surface area contributed by atoms with E-state index in [0.29, 0.717) is 5.56 Å². The van der Waals surface area contributed by atoms with Crippen LogP contribution in [0, 0.1) is 0 Å². The molecule has 0 spiro atoms. The van der Waals surface area contributed by atoms with Crippen LogP contribution in [0.15, 0.2) is 48.8 Å². The van der Waals surface area contributed by atoms with Gasteiger partial charge in [0.15, 0.2) is 0 Å². The lowest BCUT2D eigenvalue weighted by atomic mass is 10.2. The fraction of sp³-hybridized carbons (Fsp3) is 0.0667. The SMILES string of the molecule is COC(=O)c1cccc(Nc2ccnc3[nH]ccc23)c1. The molecule has 0 fully saturated rings. The maximum Gasteiger partial charge on any atom is 0.337 e. The van der Waals surface area contributed by atoms with Crippen LogP contribution in [-0.4, -0.2) is 23.0 Å². The van der Waals surface area contributed by atoms with Crippen LogP contribution in [0.4, 0.5) is 11.4 Å². The number of ether oxygens (including phenoxy) is 1. The Morgan fingerprint density at radius 2 is 2.20 bits per heavy atom. The standard InChI is InChI=1S/C15H13N3O2/c1-20-15(19)10-3-2-4-11(9-10)18-13-6-8-17-14-12(13)5-7-16-14/h2-9H,1H3,(H2,16,17,18). The first-order valence-electron chi connectivity index (χ1n) is 6.15. The Morgan fingerprint density at radius 3 is 3.05 bits per heavy atom. The van der Waals surface area contributed by atoms with Crippen LogP contribution >= 0.6 is 0 Å². The lowest BCUT2D eigenvalue weighted by Crippen LogP contribution is -2.01. The fourth-order valence-electron chi connectivity index (χ4n) is 2.07. The Bertz CT molecular complexity index is 764. The summed E-state index contributed by atoms with van der Waals surface area (Å²) >= 11 is 0. The predicted octanol–water partition coefficient (Wildman–Crippen LogP) is 3.09. The molecule has 2 aromatic heterocycles. The van der Waals surface area contributed by atoms with Crippen molar-refractivity contribution in [3.05, 3.63) is 54.4 Å². The molecule has 5 heteroatoms. The van der Waals surface area contributed by atoms with Gasteiger partial charge in [0.2, 0.25) is 0 Å². The Labute approximate surface area is 115 Å². The molecule has 1 aromatic carbocycles. The van der Waals surface area contributed by atoms with Gasteiger partial charge >= 0.3 is 5.97 Å². The maximum absolute atomic E-state index is 11.5. The highest BCUT2D eigenvalue weighted by Gasteiger charge is 2.07. The molecule has 2 N–H and O–H groups in total. The van der Waals surface area contributed by atoms with E-state index in [9.17, 15) is 4.79 Å². The van der Waals surface area contributed by atoms with Gasteiger partial charge in [-0.1, -0.05) is 6.07 Å². The Balaban J connectivity index is 1.95. The zero-order valence-electron chi connectivity index (χ0n) is 10.9. The predicted molar refractivity (Wildman–Crippen MR) is 77.2 cm³/mol. The summed E-state index contributed by atoms with van der Waals surface area (Å²) in [5, 5.41) is 4.28. The molecule has 0 unspecified atom stereocenters. The number of H-pyrrole nitrogens is 1. The van der Waals surface area contributed by atoms with E-state index in [2.05, 4.69) is 15.3 Å². The molecule has 0 radical (unpaired) electrons. The van der Waals surface area contributed by atoms with Crippen molar-refractivity contribution in [2.75, 3.05) is 12.4 Å². The summed E-state index contributed by atoms with van der Waals surface area (Å²) in [7, 11) is 1.37. The summed E-state index contributed by atoms with van der Waals surface area (Å²) in [6.07, 6.45) is 3.57. The van der Waals surface area contributed by atoms with Gasteiger partial charge in [0.05, 0.1) is 18.4 Å². The number of esters is 1. The molecule has 0 aliphatic carbocycles. The molecule has 0 saturated heterocycles.